The zero-order chi connectivity index (χ0) is 13.1. The smallest absolute Gasteiger partial charge is 0.188 e. The molecular weight excluding hydrogens is 228 g/mol. The first-order chi connectivity index (χ1) is 8.54. The Hall–Kier alpha value is -1.01. The van der Waals surface area contributed by atoms with Crippen molar-refractivity contribution in [3.63, 3.8) is 0 Å². The summed E-state index contributed by atoms with van der Waals surface area (Å²) in [4.78, 5) is 3.97. The summed E-state index contributed by atoms with van der Waals surface area (Å²) in [6.45, 7) is 9.69. The summed E-state index contributed by atoms with van der Waals surface area (Å²) in [5.41, 5.74) is 0. The minimum atomic E-state index is 0.525. The second-order valence-electron chi connectivity index (χ2n) is 5.71. The molecule has 2 rings (SSSR count). The van der Waals surface area contributed by atoms with Crippen LogP contribution in [-0.4, -0.2) is 50.3 Å². The molecule has 1 aliphatic heterocycles. The third-order valence-electron chi connectivity index (χ3n) is 3.43. The number of aryl methyl sites for hydroxylation is 1. The summed E-state index contributed by atoms with van der Waals surface area (Å²) in [5, 5.41) is 15.8. The molecule has 0 spiro atoms. The summed E-state index contributed by atoms with van der Waals surface area (Å²) in [6, 6.07) is 1.11. The molecule has 1 fully saturated rings. The van der Waals surface area contributed by atoms with Crippen molar-refractivity contribution in [1.82, 2.24) is 30.4 Å². The van der Waals surface area contributed by atoms with Crippen LogP contribution in [0.25, 0.3) is 0 Å². The minimum Gasteiger partial charge on any atom is -0.311 e. The fraction of sp³-hybridized carbons (Fsp3) is 0.917. The normalized spacial score (nSPS) is 25.8. The largest absolute Gasteiger partial charge is 0.311 e. The molecule has 2 heterocycles. The predicted molar refractivity (Wildman–Crippen MR) is 69.9 cm³/mol. The Morgan fingerprint density at radius 1 is 1.44 bits per heavy atom. The molecule has 0 aromatic carbocycles. The Kier molecular flexibility index (Phi) is 4.29. The summed E-state index contributed by atoms with van der Waals surface area (Å²) >= 11 is 0. The van der Waals surface area contributed by atoms with Gasteiger partial charge in [0.2, 0.25) is 0 Å². The van der Waals surface area contributed by atoms with Crippen molar-refractivity contribution in [3.8, 4) is 0 Å². The number of tetrazole rings is 1. The van der Waals surface area contributed by atoms with E-state index < -0.39 is 0 Å². The van der Waals surface area contributed by atoms with Gasteiger partial charge >= 0.3 is 0 Å². The van der Waals surface area contributed by atoms with Crippen molar-refractivity contribution >= 4 is 0 Å². The van der Waals surface area contributed by atoms with Crippen LogP contribution in [0.2, 0.25) is 0 Å². The van der Waals surface area contributed by atoms with Crippen molar-refractivity contribution < 1.29 is 0 Å². The lowest BCUT2D eigenvalue weighted by Crippen LogP contribution is -2.55. The Balaban J connectivity index is 1.93. The maximum absolute atomic E-state index is 4.26. The van der Waals surface area contributed by atoms with Gasteiger partial charge in [-0.3, -0.25) is 4.90 Å². The fourth-order valence-corrected chi connectivity index (χ4v) is 2.51. The summed E-state index contributed by atoms with van der Waals surface area (Å²) in [5.74, 6) is 1.54. The van der Waals surface area contributed by atoms with Crippen LogP contribution in [0.5, 0.6) is 0 Å². The number of nitrogens with one attached hydrogen (secondary N) is 1. The van der Waals surface area contributed by atoms with Crippen molar-refractivity contribution in [2.45, 2.75) is 45.8 Å². The molecule has 1 aromatic rings. The molecule has 0 radical (unpaired) electrons. The molecule has 1 saturated heterocycles. The lowest BCUT2D eigenvalue weighted by Gasteiger charge is -2.38. The third kappa shape index (κ3) is 3.49. The highest BCUT2D eigenvalue weighted by molar-refractivity contribution is 4.88. The van der Waals surface area contributed by atoms with Gasteiger partial charge in [-0.1, -0.05) is 13.8 Å². The highest BCUT2D eigenvalue weighted by Crippen LogP contribution is 2.14. The first kappa shape index (κ1) is 13.4. The van der Waals surface area contributed by atoms with Crippen molar-refractivity contribution in [2.75, 3.05) is 13.1 Å². The van der Waals surface area contributed by atoms with E-state index in [2.05, 4.69) is 46.4 Å². The first-order valence-corrected chi connectivity index (χ1v) is 6.75. The minimum absolute atomic E-state index is 0.525. The maximum Gasteiger partial charge on any atom is 0.188 e. The molecule has 0 bridgehead atoms. The third-order valence-corrected chi connectivity index (χ3v) is 3.43. The van der Waals surface area contributed by atoms with Gasteiger partial charge in [-0.25, -0.2) is 0 Å². The molecule has 1 aromatic heterocycles. The number of hydrogen-bond donors (Lipinski definition) is 1. The van der Waals surface area contributed by atoms with Gasteiger partial charge in [-0.05, 0) is 24.5 Å². The molecule has 6 nitrogen and oxygen atoms in total. The van der Waals surface area contributed by atoms with Gasteiger partial charge in [0, 0.05) is 25.2 Å². The molecule has 0 aliphatic carbocycles. The first-order valence-electron chi connectivity index (χ1n) is 6.75. The molecule has 18 heavy (non-hydrogen) atoms. The molecule has 0 amide bonds. The van der Waals surface area contributed by atoms with E-state index in [9.17, 15) is 0 Å². The maximum atomic E-state index is 4.26. The second kappa shape index (κ2) is 5.75. The van der Waals surface area contributed by atoms with E-state index in [4.69, 9.17) is 0 Å². The standard InChI is InChI=1S/C12H24N6/c1-9(2)5-11-7-18(10(3)6-13-11)8-12-14-16-17(4)15-12/h9-11,13H,5-8H2,1-4H3. The van der Waals surface area contributed by atoms with Crippen molar-refractivity contribution in [3.05, 3.63) is 5.82 Å². The Morgan fingerprint density at radius 2 is 2.22 bits per heavy atom. The molecule has 1 aliphatic rings. The van der Waals surface area contributed by atoms with Crippen LogP contribution < -0.4 is 5.32 Å². The van der Waals surface area contributed by atoms with Gasteiger partial charge in [0.15, 0.2) is 5.82 Å². The monoisotopic (exact) mass is 252 g/mol. The molecular formula is C12H24N6. The number of hydrogen-bond acceptors (Lipinski definition) is 5. The highest BCUT2D eigenvalue weighted by atomic mass is 15.6. The number of aromatic nitrogens is 4. The van der Waals surface area contributed by atoms with E-state index in [1.165, 1.54) is 11.2 Å². The van der Waals surface area contributed by atoms with Gasteiger partial charge in [0.25, 0.3) is 0 Å². The van der Waals surface area contributed by atoms with Crippen LogP contribution in [0.1, 0.15) is 33.0 Å². The summed E-state index contributed by atoms with van der Waals surface area (Å²) in [6.07, 6.45) is 1.22. The number of rotatable bonds is 4. The lowest BCUT2D eigenvalue weighted by molar-refractivity contribution is 0.121. The van der Waals surface area contributed by atoms with E-state index in [0.717, 1.165) is 31.4 Å². The highest BCUT2D eigenvalue weighted by Gasteiger charge is 2.26. The van der Waals surface area contributed by atoms with Crippen LogP contribution >= 0.6 is 0 Å². The van der Waals surface area contributed by atoms with Gasteiger partial charge in [-0.15, -0.1) is 10.2 Å². The average Bonchev–Trinajstić information content (AvgIpc) is 2.68. The van der Waals surface area contributed by atoms with Crippen LogP contribution in [-0.2, 0) is 13.6 Å². The van der Waals surface area contributed by atoms with E-state index >= 15 is 0 Å². The van der Waals surface area contributed by atoms with E-state index in [-0.39, 0.29) is 0 Å². The van der Waals surface area contributed by atoms with E-state index in [1.807, 2.05) is 0 Å². The Labute approximate surface area is 109 Å². The molecule has 102 valence electrons. The van der Waals surface area contributed by atoms with Gasteiger partial charge in [0.05, 0.1) is 13.6 Å². The quantitative estimate of drug-likeness (QED) is 0.841. The summed E-state index contributed by atoms with van der Waals surface area (Å²) < 4.78 is 0. The predicted octanol–water partition coefficient (Wildman–Crippen LogP) is 0.419. The Bertz CT molecular complexity index is 374. The number of piperazine rings is 1. The van der Waals surface area contributed by atoms with Crippen LogP contribution in [0.15, 0.2) is 0 Å². The fourth-order valence-electron chi connectivity index (χ4n) is 2.51. The topological polar surface area (TPSA) is 58.9 Å². The van der Waals surface area contributed by atoms with Crippen LogP contribution in [0, 0.1) is 5.92 Å². The zero-order valence-corrected chi connectivity index (χ0v) is 11.8. The molecule has 1 N–H and O–H groups in total. The average molecular weight is 252 g/mol. The Morgan fingerprint density at radius 3 is 2.83 bits per heavy atom. The molecule has 0 saturated carbocycles. The second-order valence-corrected chi connectivity index (χ2v) is 5.71. The number of nitrogens with zero attached hydrogens (tertiary/aromatic N) is 5. The van der Waals surface area contributed by atoms with Crippen molar-refractivity contribution in [1.29, 1.82) is 0 Å². The summed E-state index contributed by atoms with van der Waals surface area (Å²) in [7, 11) is 1.80. The molecule has 2 atom stereocenters. The van der Waals surface area contributed by atoms with Crippen molar-refractivity contribution in [2.24, 2.45) is 13.0 Å². The lowest BCUT2D eigenvalue weighted by atomic mass is 10.00. The van der Waals surface area contributed by atoms with E-state index in [0.29, 0.717) is 12.1 Å². The van der Waals surface area contributed by atoms with Crippen LogP contribution in [0.4, 0.5) is 0 Å². The zero-order valence-electron chi connectivity index (χ0n) is 11.8. The van der Waals surface area contributed by atoms with Gasteiger partial charge < -0.3 is 5.32 Å². The SMILES string of the molecule is CC(C)CC1CN(Cc2nnn(C)n2)C(C)CN1. The molecule has 6 heteroatoms. The van der Waals surface area contributed by atoms with Crippen LogP contribution in [0.3, 0.4) is 0 Å². The van der Waals surface area contributed by atoms with Gasteiger partial charge in [-0.2, -0.15) is 4.80 Å². The van der Waals surface area contributed by atoms with E-state index in [1.54, 1.807) is 7.05 Å². The van der Waals surface area contributed by atoms with Gasteiger partial charge in [0.1, 0.15) is 0 Å². The molecule has 2 unspecified atom stereocenters.